The van der Waals surface area contributed by atoms with Crippen molar-refractivity contribution in [3.63, 3.8) is 0 Å². The number of hydrogen-bond donors (Lipinski definition) is 2. The van der Waals surface area contributed by atoms with Crippen LogP contribution in [0.25, 0.3) is 0 Å². The van der Waals surface area contributed by atoms with E-state index in [1.54, 1.807) is 14.0 Å². The Bertz CT molecular complexity index is 826. The van der Waals surface area contributed by atoms with Crippen LogP contribution in [0.3, 0.4) is 0 Å². The van der Waals surface area contributed by atoms with Crippen molar-refractivity contribution in [2.45, 2.75) is 32.9 Å². The molecular weight excluding hydrogens is 513 g/mol. The average Bonchev–Trinajstić information content (AvgIpc) is 3.10. The summed E-state index contributed by atoms with van der Waals surface area (Å²) in [7, 11) is 5.87. The van der Waals surface area contributed by atoms with Crippen LogP contribution in [0.4, 0.5) is 0 Å². The molecule has 2 N–H and O–H groups in total. The molecule has 0 saturated carbocycles. The topological polar surface area (TPSA) is 78.8 Å². The van der Waals surface area contributed by atoms with Gasteiger partial charge < -0.3 is 20.3 Å². The predicted molar refractivity (Wildman–Crippen MR) is 134 cm³/mol. The third kappa shape index (κ3) is 7.21. The van der Waals surface area contributed by atoms with Crippen LogP contribution in [-0.2, 0) is 4.74 Å². The molecule has 2 atom stereocenters. The Labute approximate surface area is 200 Å². The SMILES string of the molecule is CCOC(=O)c1sc(C(C)NC(=NC)NCC(c2ccccc2)N(C)C)nc1C.I. The van der Waals surface area contributed by atoms with Crippen LogP contribution < -0.4 is 10.6 Å². The Morgan fingerprint density at radius 3 is 2.53 bits per heavy atom. The summed E-state index contributed by atoms with van der Waals surface area (Å²) < 4.78 is 5.10. The first kappa shape index (κ1) is 26.3. The number of thiazole rings is 1. The number of nitrogens with one attached hydrogen (secondary N) is 2. The van der Waals surface area contributed by atoms with Gasteiger partial charge in [-0.25, -0.2) is 9.78 Å². The molecule has 0 fully saturated rings. The van der Waals surface area contributed by atoms with Gasteiger partial charge in [-0.15, -0.1) is 35.3 Å². The quantitative estimate of drug-likeness (QED) is 0.228. The number of carbonyl (C=O) groups excluding carboxylic acids is 1. The summed E-state index contributed by atoms with van der Waals surface area (Å²) in [5.41, 5.74) is 1.93. The summed E-state index contributed by atoms with van der Waals surface area (Å²) in [6, 6.07) is 10.5. The first-order valence-electron chi connectivity index (χ1n) is 9.70. The standard InChI is InChI=1S/C21H31N5O2S.HI/c1-7-28-20(27)18-14(2)24-19(29-18)15(3)25-21(22-4)23-13-17(26(5)6)16-11-9-8-10-12-16;/h8-12,15,17H,7,13H2,1-6H3,(H2,22,23,25);1H. The molecule has 1 aromatic heterocycles. The maximum atomic E-state index is 12.0. The van der Waals surface area contributed by atoms with Gasteiger partial charge in [0, 0.05) is 13.6 Å². The van der Waals surface area contributed by atoms with E-state index in [2.05, 4.69) is 51.7 Å². The highest BCUT2D eigenvalue weighted by atomic mass is 127. The number of halogens is 1. The van der Waals surface area contributed by atoms with E-state index >= 15 is 0 Å². The van der Waals surface area contributed by atoms with Gasteiger partial charge in [0.15, 0.2) is 5.96 Å². The number of carbonyl (C=O) groups is 1. The van der Waals surface area contributed by atoms with Gasteiger partial charge in [0.2, 0.25) is 0 Å². The second kappa shape index (κ2) is 12.9. The molecule has 7 nitrogen and oxygen atoms in total. The Morgan fingerprint density at radius 2 is 1.97 bits per heavy atom. The molecular formula is C21H32IN5O2S. The van der Waals surface area contributed by atoms with E-state index < -0.39 is 0 Å². The number of benzene rings is 1. The maximum Gasteiger partial charge on any atom is 0.350 e. The Hall–Kier alpha value is -1.72. The third-order valence-electron chi connectivity index (χ3n) is 4.49. The van der Waals surface area contributed by atoms with E-state index in [1.807, 2.05) is 32.0 Å². The number of nitrogens with zero attached hydrogens (tertiary/aromatic N) is 3. The lowest BCUT2D eigenvalue weighted by molar-refractivity contribution is 0.0531. The van der Waals surface area contributed by atoms with Crippen molar-refractivity contribution in [3.8, 4) is 0 Å². The number of aromatic nitrogens is 1. The molecule has 0 amide bonds. The molecule has 0 spiro atoms. The highest BCUT2D eigenvalue weighted by molar-refractivity contribution is 14.0. The van der Waals surface area contributed by atoms with E-state index in [0.29, 0.717) is 29.7 Å². The van der Waals surface area contributed by atoms with Gasteiger partial charge in [-0.1, -0.05) is 30.3 Å². The lowest BCUT2D eigenvalue weighted by Crippen LogP contribution is -2.42. The van der Waals surface area contributed by atoms with Crippen LogP contribution in [0.1, 0.15) is 51.9 Å². The van der Waals surface area contributed by atoms with E-state index in [9.17, 15) is 4.79 Å². The predicted octanol–water partition coefficient (Wildman–Crippen LogP) is 3.78. The smallest absolute Gasteiger partial charge is 0.350 e. The molecule has 0 aliphatic heterocycles. The van der Waals surface area contributed by atoms with Gasteiger partial charge in [0.1, 0.15) is 9.88 Å². The van der Waals surface area contributed by atoms with Crippen molar-refractivity contribution in [2.75, 3.05) is 34.3 Å². The Kier molecular flexibility index (Phi) is 11.3. The molecule has 1 heterocycles. The molecule has 1 aromatic carbocycles. The molecule has 0 aliphatic carbocycles. The Balaban J connectivity index is 0.00000450. The molecule has 0 radical (unpaired) electrons. The van der Waals surface area contributed by atoms with E-state index in [-0.39, 0.29) is 42.0 Å². The van der Waals surface area contributed by atoms with Gasteiger partial charge in [0.25, 0.3) is 0 Å². The average molecular weight is 545 g/mol. The molecule has 0 saturated heterocycles. The lowest BCUT2D eigenvalue weighted by atomic mass is 10.1. The van der Waals surface area contributed by atoms with Gasteiger partial charge in [-0.2, -0.15) is 0 Å². The second-order valence-electron chi connectivity index (χ2n) is 6.90. The van der Waals surface area contributed by atoms with Crippen LogP contribution in [-0.4, -0.2) is 56.1 Å². The molecule has 0 bridgehead atoms. The maximum absolute atomic E-state index is 12.0. The fourth-order valence-electron chi connectivity index (χ4n) is 2.92. The van der Waals surface area contributed by atoms with Crippen molar-refractivity contribution < 1.29 is 9.53 Å². The van der Waals surface area contributed by atoms with Gasteiger partial charge in [-0.3, -0.25) is 4.99 Å². The molecule has 30 heavy (non-hydrogen) atoms. The first-order chi connectivity index (χ1) is 13.9. The fraction of sp³-hybridized carbons (Fsp3) is 0.476. The lowest BCUT2D eigenvalue weighted by Gasteiger charge is -2.26. The van der Waals surface area contributed by atoms with Crippen LogP contribution in [0, 0.1) is 6.92 Å². The van der Waals surface area contributed by atoms with Crippen LogP contribution in [0.15, 0.2) is 35.3 Å². The van der Waals surface area contributed by atoms with E-state index in [4.69, 9.17) is 4.74 Å². The summed E-state index contributed by atoms with van der Waals surface area (Å²) in [5, 5.41) is 7.57. The summed E-state index contributed by atoms with van der Waals surface area (Å²) in [5.74, 6) is 0.367. The summed E-state index contributed by atoms with van der Waals surface area (Å²) in [6.07, 6.45) is 0. The number of hydrogen-bond acceptors (Lipinski definition) is 6. The van der Waals surface area contributed by atoms with Crippen molar-refractivity contribution >= 4 is 47.2 Å². The zero-order valence-electron chi connectivity index (χ0n) is 18.4. The fourth-order valence-corrected chi connectivity index (χ4v) is 3.88. The number of esters is 1. The molecule has 166 valence electrons. The Morgan fingerprint density at radius 1 is 1.30 bits per heavy atom. The minimum absolute atomic E-state index is 0. The molecule has 2 unspecified atom stereocenters. The molecule has 2 aromatic rings. The largest absolute Gasteiger partial charge is 0.462 e. The van der Waals surface area contributed by atoms with Gasteiger partial charge in [-0.05, 0) is 40.4 Å². The minimum Gasteiger partial charge on any atom is -0.462 e. The van der Waals surface area contributed by atoms with Gasteiger partial charge in [0.05, 0.1) is 24.4 Å². The van der Waals surface area contributed by atoms with Gasteiger partial charge >= 0.3 is 5.97 Å². The number of likely N-dealkylation sites (N-methyl/N-ethyl adjacent to an activating group) is 1. The van der Waals surface area contributed by atoms with Crippen molar-refractivity contribution in [1.82, 2.24) is 20.5 Å². The second-order valence-corrected chi connectivity index (χ2v) is 7.93. The number of aryl methyl sites for hydroxylation is 1. The number of rotatable bonds is 8. The number of aliphatic imine (C=N–C) groups is 1. The molecule has 0 aliphatic rings. The van der Waals surface area contributed by atoms with Crippen LogP contribution >= 0.6 is 35.3 Å². The zero-order valence-corrected chi connectivity index (χ0v) is 21.6. The zero-order chi connectivity index (χ0) is 21.4. The third-order valence-corrected chi connectivity index (χ3v) is 5.81. The van der Waals surface area contributed by atoms with E-state index in [1.165, 1.54) is 16.9 Å². The number of guanidine groups is 1. The molecule has 9 heteroatoms. The van der Waals surface area contributed by atoms with E-state index in [0.717, 1.165) is 5.01 Å². The van der Waals surface area contributed by atoms with Crippen molar-refractivity contribution in [3.05, 3.63) is 51.5 Å². The normalized spacial score (nSPS) is 13.4. The minimum atomic E-state index is -0.319. The van der Waals surface area contributed by atoms with Crippen molar-refractivity contribution in [1.29, 1.82) is 0 Å². The highest BCUT2D eigenvalue weighted by Gasteiger charge is 2.20. The summed E-state index contributed by atoms with van der Waals surface area (Å²) in [4.78, 5) is 23.6. The summed E-state index contributed by atoms with van der Waals surface area (Å²) >= 11 is 1.36. The van der Waals surface area contributed by atoms with Crippen LogP contribution in [0.5, 0.6) is 0 Å². The summed E-state index contributed by atoms with van der Waals surface area (Å²) in [6.45, 7) is 6.68. The molecule has 2 rings (SSSR count). The van der Waals surface area contributed by atoms with Crippen molar-refractivity contribution in [2.24, 2.45) is 4.99 Å². The number of ether oxygens (including phenoxy) is 1. The van der Waals surface area contributed by atoms with Crippen LogP contribution in [0.2, 0.25) is 0 Å². The first-order valence-corrected chi connectivity index (χ1v) is 10.5. The monoisotopic (exact) mass is 545 g/mol. The highest BCUT2D eigenvalue weighted by Crippen LogP contribution is 2.24.